The summed E-state index contributed by atoms with van der Waals surface area (Å²) < 4.78 is 0. The number of nitrogens with zero attached hydrogens (tertiary/aromatic N) is 2. The van der Waals surface area contributed by atoms with Gasteiger partial charge in [-0.05, 0) is 26.3 Å². The van der Waals surface area contributed by atoms with Gasteiger partial charge in [-0.1, -0.05) is 0 Å². The summed E-state index contributed by atoms with van der Waals surface area (Å²) >= 11 is 7.97. The topological polar surface area (TPSA) is 16.1 Å². The molecular weight excluding hydrogens is 216 g/mol. The minimum absolute atomic E-state index is 0.316. The Morgan fingerprint density at radius 2 is 2.57 bits per heavy atom. The zero-order valence-corrected chi connectivity index (χ0v) is 9.89. The molecule has 0 N–H and O–H groups in total. The molecule has 0 saturated carbocycles. The molecule has 0 radical (unpaired) electrons. The third-order valence-corrected chi connectivity index (χ3v) is 4.21. The van der Waals surface area contributed by atoms with Crippen LogP contribution in [-0.4, -0.2) is 27.8 Å². The van der Waals surface area contributed by atoms with Crippen molar-refractivity contribution in [3.63, 3.8) is 0 Å². The van der Waals surface area contributed by atoms with Crippen LogP contribution in [0.3, 0.4) is 0 Å². The van der Waals surface area contributed by atoms with E-state index in [-0.39, 0.29) is 0 Å². The molecule has 1 aromatic heterocycles. The van der Waals surface area contributed by atoms with Gasteiger partial charge in [-0.2, -0.15) is 0 Å². The van der Waals surface area contributed by atoms with Crippen molar-refractivity contribution in [1.82, 2.24) is 9.88 Å². The highest BCUT2D eigenvalue weighted by atomic mass is 35.5. The molecule has 0 aliphatic carbocycles. The molecule has 2 unspecified atom stereocenters. The van der Waals surface area contributed by atoms with Crippen molar-refractivity contribution in [3.05, 3.63) is 16.6 Å². The van der Waals surface area contributed by atoms with E-state index in [0.717, 1.165) is 13.0 Å². The Labute approximate surface area is 93.9 Å². The van der Waals surface area contributed by atoms with Crippen LogP contribution in [0, 0.1) is 0 Å². The van der Waals surface area contributed by atoms with Crippen molar-refractivity contribution in [2.45, 2.75) is 37.7 Å². The first-order valence-corrected chi connectivity index (χ1v) is 6.34. The van der Waals surface area contributed by atoms with Gasteiger partial charge in [-0.15, -0.1) is 22.9 Å². The number of hydrogen-bond acceptors (Lipinski definition) is 3. The zero-order valence-electron chi connectivity index (χ0n) is 8.32. The third-order valence-electron chi connectivity index (χ3n) is 2.87. The van der Waals surface area contributed by atoms with Crippen LogP contribution in [0.5, 0.6) is 0 Å². The normalized spacial score (nSPS) is 29.3. The van der Waals surface area contributed by atoms with Gasteiger partial charge in [0.2, 0.25) is 0 Å². The smallest absolute Gasteiger partial charge is 0.0794 e. The number of aromatic nitrogens is 1. The van der Waals surface area contributed by atoms with Gasteiger partial charge in [0.05, 0.1) is 5.51 Å². The molecule has 1 aromatic rings. The first-order valence-electron chi connectivity index (χ1n) is 5.03. The predicted octanol–water partition coefficient (Wildman–Crippen LogP) is 2.73. The summed E-state index contributed by atoms with van der Waals surface area (Å²) in [5.74, 6) is 0. The minimum atomic E-state index is 0.316. The average Bonchev–Trinajstić information content (AvgIpc) is 2.66. The fraction of sp³-hybridized carbons (Fsp3) is 0.700. The van der Waals surface area contributed by atoms with E-state index in [2.05, 4.69) is 16.8 Å². The second-order valence-corrected chi connectivity index (χ2v) is 5.37. The number of piperidine rings is 1. The van der Waals surface area contributed by atoms with Crippen molar-refractivity contribution in [2.24, 2.45) is 0 Å². The Kier molecular flexibility index (Phi) is 3.42. The van der Waals surface area contributed by atoms with Gasteiger partial charge in [0.1, 0.15) is 0 Å². The zero-order chi connectivity index (χ0) is 9.97. The second kappa shape index (κ2) is 4.60. The van der Waals surface area contributed by atoms with E-state index in [1.54, 1.807) is 11.3 Å². The van der Waals surface area contributed by atoms with Gasteiger partial charge in [-0.3, -0.25) is 9.88 Å². The molecule has 2 heterocycles. The number of halogens is 1. The van der Waals surface area contributed by atoms with Crippen LogP contribution in [0.2, 0.25) is 0 Å². The number of thiazole rings is 1. The maximum atomic E-state index is 6.25. The molecule has 78 valence electrons. The van der Waals surface area contributed by atoms with E-state index in [0.29, 0.717) is 11.4 Å². The Morgan fingerprint density at radius 1 is 1.71 bits per heavy atom. The van der Waals surface area contributed by atoms with Crippen LogP contribution >= 0.6 is 22.9 Å². The first-order chi connectivity index (χ1) is 6.77. The molecule has 0 amide bonds. The molecule has 1 fully saturated rings. The van der Waals surface area contributed by atoms with Gasteiger partial charge in [0.15, 0.2) is 0 Å². The fourth-order valence-electron chi connectivity index (χ4n) is 1.91. The second-order valence-electron chi connectivity index (χ2n) is 3.84. The lowest BCUT2D eigenvalue weighted by atomic mass is 10.0. The summed E-state index contributed by atoms with van der Waals surface area (Å²) in [7, 11) is 0. The van der Waals surface area contributed by atoms with Gasteiger partial charge in [0, 0.05) is 29.0 Å². The maximum Gasteiger partial charge on any atom is 0.0794 e. The standard InChI is InChI=1S/C10H15ClN2S/c1-8-10(11)3-2-4-13(8)6-9-5-12-7-14-9/h5,7-8,10H,2-4,6H2,1H3. The van der Waals surface area contributed by atoms with Crippen molar-refractivity contribution < 1.29 is 0 Å². The van der Waals surface area contributed by atoms with Gasteiger partial charge in [-0.25, -0.2) is 0 Å². The molecule has 0 aromatic carbocycles. The van der Waals surface area contributed by atoms with E-state index in [1.165, 1.54) is 17.8 Å². The van der Waals surface area contributed by atoms with E-state index in [9.17, 15) is 0 Å². The van der Waals surface area contributed by atoms with Crippen molar-refractivity contribution >= 4 is 22.9 Å². The van der Waals surface area contributed by atoms with Crippen molar-refractivity contribution in [2.75, 3.05) is 6.54 Å². The Bertz CT molecular complexity index is 276. The quantitative estimate of drug-likeness (QED) is 0.727. The Balaban J connectivity index is 1.97. The van der Waals surface area contributed by atoms with Gasteiger partial charge in [0.25, 0.3) is 0 Å². The summed E-state index contributed by atoms with van der Waals surface area (Å²) in [5.41, 5.74) is 1.89. The largest absolute Gasteiger partial charge is 0.294 e. The van der Waals surface area contributed by atoms with Crippen molar-refractivity contribution in [1.29, 1.82) is 0 Å². The lowest BCUT2D eigenvalue weighted by Gasteiger charge is -2.36. The molecule has 2 atom stereocenters. The third kappa shape index (κ3) is 2.27. The number of hydrogen-bond donors (Lipinski definition) is 0. The summed E-state index contributed by atoms with van der Waals surface area (Å²) in [5, 5.41) is 0.316. The first kappa shape index (κ1) is 10.4. The van der Waals surface area contributed by atoms with Crippen molar-refractivity contribution in [3.8, 4) is 0 Å². The fourth-order valence-corrected chi connectivity index (χ4v) is 2.84. The van der Waals surface area contributed by atoms with Crippen LogP contribution in [0.4, 0.5) is 0 Å². The molecule has 0 spiro atoms. The maximum absolute atomic E-state index is 6.25. The van der Waals surface area contributed by atoms with Crippen LogP contribution in [0.15, 0.2) is 11.7 Å². The number of alkyl halides is 1. The van der Waals surface area contributed by atoms with Crippen LogP contribution in [0.25, 0.3) is 0 Å². The van der Waals surface area contributed by atoms with Gasteiger partial charge < -0.3 is 0 Å². The highest BCUT2D eigenvalue weighted by molar-refractivity contribution is 7.09. The molecular formula is C10H15ClN2S. The lowest BCUT2D eigenvalue weighted by Crippen LogP contribution is -2.43. The van der Waals surface area contributed by atoms with E-state index >= 15 is 0 Å². The number of rotatable bonds is 2. The Hall–Kier alpha value is -0.120. The predicted molar refractivity (Wildman–Crippen MR) is 60.9 cm³/mol. The molecule has 1 aliphatic rings. The summed E-state index contributed by atoms with van der Waals surface area (Å²) in [6.45, 7) is 4.40. The molecule has 2 rings (SSSR count). The monoisotopic (exact) mass is 230 g/mol. The van der Waals surface area contributed by atoms with Crippen LogP contribution < -0.4 is 0 Å². The van der Waals surface area contributed by atoms with Gasteiger partial charge >= 0.3 is 0 Å². The molecule has 14 heavy (non-hydrogen) atoms. The number of likely N-dealkylation sites (tertiary alicyclic amines) is 1. The molecule has 1 saturated heterocycles. The molecule has 4 heteroatoms. The molecule has 2 nitrogen and oxygen atoms in total. The van der Waals surface area contributed by atoms with Crippen LogP contribution in [0.1, 0.15) is 24.6 Å². The van der Waals surface area contributed by atoms with E-state index < -0.39 is 0 Å². The van der Waals surface area contributed by atoms with Crippen LogP contribution in [-0.2, 0) is 6.54 Å². The van der Waals surface area contributed by atoms with E-state index in [4.69, 9.17) is 11.6 Å². The average molecular weight is 231 g/mol. The highest BCUT2D eigenvalue weighted by Crippen LogP contribution is 2.24. The minimum Gasteiger partial charge on any atom is -0.294 e. The summed E-state index contributed by atoms with van der Waals surface area (Å²) in [4.78, 5) is 7.88. The molecule has 1 aliphatic heterocycles. The summed E-state index contributed by atoms with van der Waals surface area (Å²) in [6, 6.07) is 0.493. The highest BCUT2D eigenvalue weighted by Gasteiger charge is 2.26. The lowest BCUT2D eigenvalue weighted by molar-refractivity contribution is 0.157. The SMILES string of the molecule is CC1C(Cl)CCCN1Cc1cncs1. The Morgan fingerprint density at radius 3 is 3.29 bits per heavy atom. The summed E-state index contributed by atoms with van der Waals surface area (Å²) in [6.07, 6.45) is 4.33. The molecule has 0 bridgehead atoms. The van der Waals surface area contributed by atoms with E-state index in [1.807, 2.05) is 11.7 Å².